The molecular weight excluding hydrogens is 539 g/mol. The van der Waals surface area contributed by atoms with Gasteiger partial charge in [0.25, 0.3) is 0 Å². The van der Waals surface area contributed by atoms with Gasteiger partial charge in [-0.3, -0.25) is 14.5 Å². The highest BCUT2D eigenvalue weighted by atomic mass is 19.1. The van der Waals surface area contributed by atoms with Gasteiger partial charge in [-0.2, -0.15) is 0 Å². The van der Waals surface area contributed by atoms with E-state index in [9.17, 15) is 14.7 Å². The van der Waals surface area contributed by atoms with Crippen LogP contribution < -0.4 is 19.5 Å². The largest absolute Gasteiger partial charge is 0.494 e. The number of benzene rings is 3. The topological polar surface area (TPSA) is 97.3 Å². The van der Waals surface area contributed by atoms with E-state index in [1.807, 2.05) is 45.0 Å². The first-order valence-electron chi connectivity index (χ1n) is 14.5. The van der Waals surface area contributed by atoms with Gasteiger partial charge in [0, 0.05) is 29.8 Å². The predicted molar refractivity (Wildman–Crippen MR) is 157 cm³/mol. The molecule has 2 heterocycles. The van der Waals surface area contributed by atoms with Crippen molar-refractivity contribution in [1.29, 1.82) is 0 Å². The molecule has 2 aliphatic rings. The van der Waals surface area contributed by atoms with Crippen molar-refractivity contribution in [2.24, 2.45) is 5.92 Å². The number of aryl methyl sites for hydroxylation is 2. The van der Waals surface area contributed by atoms with Crippen LogP contribution in [0.25, 0.3) is 0 Å². The van der Waals surface area contributed by atoms with E-state index in [-0.39, 0.29) is 24.6 Å². The number of carbonyl (C=O) groups is 2. The first kappa shape index (κ1) is 29.4. The minimum absolute atomic E-state index is 0.108. The van der Waals surface area contributed by atoms with Crippen molar-refractivity contribution < 1.29 is 33.3 Å². The zero-order valence-electron chi connectivity index (χ0n) is 24.2. The monoisotopic (exact) mass is 576 g/mol. The van der Waals surface area contributed by atoms with Crippen molar-refractivity contribution in [3.05, 3.63) is 82.7 Å². The van der Waals surface area contributed by atoms with Crippen molar-refractivity contribution in [3.63, 3.8) is 0 Å². The van der Waals surface area contributed by atoms with Crippen LogP contribution in [0.1, 0.15) is 55.0 Å². The quantitative estimate of drug-likeness (QED) is 0.324. The van der Waals surface area contributed by atoms with E-state index >= 15 is 4.39 Å². The average molecular weight is 577 g/mol. The number of amides is 1. The number of halogens is 1. The molecule has 1 amide bonds. The lowest BCUT2D eigenvalue weighted by molar-refractivity contribution is -0.143. The molecule has 1 fully saturated rings. The zero-order valence-corrected chi connectivity index (χ0v) is 24.2. The van der Waals surface area contributed by atoms with Crippen LogP contribution in [-0.4, -0.2) is 54.8 Å². The van der Waals surface area contributed by atoms with Crippen LogP contribution in [0.3, 0.4) is 0 Å². The normalized spacial score (nSPS) is 19.9. The van der Waals surface area contributed by atoms with Crippen LogP contribution in [0.15, 0.2) is 54.6 Å². The van der Waals surface area contributed by atoms with Gasteiger partial charge in [0.15, 0.2) is 11.5 Å². The Balaban J connectivity index is 1.52. The van der Waals surface area contributed by atoms with Crippen molar-refractivity contribution >= 4 is 17.6 Å². The van der Waals surface area contributed by atoms with Crippen LogP contribution >= 0.6 is 0 Å². The minimum Gasteiger partial charge on any atom is -0.494 e. The Kier molecular flexibility index (Phi) is 8.97. The first-order chi connectivity index (χ1) is 20.3. The van der Waals surface area contributed by atoms with E-state index in [4.69, 9.17) is 14.2 Å². The molecule has 9 heteroatoms. The fraction of sp³-hybridized carbons (Fsp3) is 0.394. The Morgan fingerprint density at radius 3 is 2.36 bits per heavy atom. The molecule has 222 valence electrons. The second kappa shape index (κ2) is 12.8. The summed E-state index contributed by atoms with van der Waals surface area (Å²) in [5.74, 6) is -1.98. The Bertz CT molecular complexity index is 1440. The van der Waals surface area contributed by atoms with Crippen LogP contribution in [0.5, 0.6) is 17.2 Å². The van der Waals surface area contributed by atoms with Crippen LogP contribution in [0.2, 0.25) is 0 Å². The van der Waals surface area contributed by atoms with E-state index in [1.54, 1.807) is 29.2 Å². The van der Waals surface area contributed by atoms with E-state index in [0.717, 1.165) is 35.2 Å². The fourth-order valence-corrected chi connectivity index (χ4v) is 6.16. The van der Waals surface area contributed by atoms with Gasteiger partial charge in [0.1, 0.15) is 24.8 Å². The molecule has 0 spiro atoms. The Labute approximate surface area is 245 Å². The third-order valence-corrected chi connectivity index (χ3v) is 8.09. The van der Waals surface area contributed by atoms with Crippen LogP contribution in [-0.2, 0) is 22.4 Å². The summed E-state index contributed by atoms with van der Waals surface area (Å²) < 4.78 is 32.5. The molecule has 3 aromatic rings. The number of hydrogen-bond acceptors (Lipinski definition) is 6. The second-order valence-corrected chi connectivity index (χ2v) is 10.6. The minimum atomic E-state index is -1.07. The SMILES string of the molecule is CCOc1ccc([C@H]2C(C(=O)O)[C@@H](c3ccc4c(c3)OCCO4)CN2CC(=O)Nc2c(CC)cccc2CC)c(F)c1. The Hall–Kier alpha value is -4.11. The van der Waals surface area contributed by atoms with Gasteiger partial charge in [-0.15, -0.1) is 0 Å². The van der Waals surface area contributed by atoms with Gasteiger partial charge in [0.2, 0.25) is 5.91 Å². The summed E-state index contributed by atoms with van der Waals surface area (Å²) in [4.78, 5) is 28.2. The van der Waals surface area contributed by atoms with E-state index < -0.39 is 29.7 Å². The maximum absolute atomic E-state index is 15.6. The molecule has 0 aromatic heterocycles. The van der Waals surface area contributed by atoms with Crippen molar-refractivity contribution in [2.75, 3.05) is 38.2 Å². The fourth-order valence-electron chi connectivity index (χ4n) is 6.16. The molecule has 1 saturated heterocycles. The number of rotatable bonds is 10. The number of carboxylic acid groups (broad SMARTS) is 1. The molecule has 0 saturated carbocycles. The van der Waals surface area contributed by atoms with Gasteiger partial charge >= 0.3 is 5.97 Å². The number of nitrogens with one attached hydrogen (secondary N) is 1. The molecule has 3 aromatic carbocycles. The van der Waals surface area contributed by atoms with Gasteiger partial charge < -0.3 is 24.6 Å². The number of fused-ring (bicyclic) bond motifs is 1. The van der Waals surface area contributed by atoms with Gasteiger partial charge in [-0.25, -0.2) is 4.39 Å². The molecule has 0 aliphatic carbocycles. The molecule has 0 bridgehead atoms. The number of aliphatic carboxylic acids is 1. The van der Waals surface area contributed by atoms with Gasteiger partial charge in [-0.05, 0) is 54.7 Å². The number of carboxylic acids is 1. The summed E-state index contributed by atoms with van der Waals surface area (Å²) in [7, 11) is 0. The van der Waals surface area contributed by atoms with Crippen molar-refractivity contribution in [2.45, 2.75) is 45.6 Å². The molecule has 1 unspecified atom stereocenters. The molecular formula is C33H37FN2O6. The number of hydrogen-bond donors (Lipinski definition) is 2. The lowest BCUT2D eigenvalue weighted by atomic mass is 9.82. The molecule has 0 radical (unpaired) electrons. The van der Waals surface area contributed by atoms with E-state index in [1.165, 1.54) is 6.07 Å². The molecule has 42 heavy (non-hydrogen) atoms. The zero-order chi connectivity index (χ0) is 29.8. The number of carbonyl (C=O) groups excluding carboxylic acids is 1. The Morgan fingerprint density at radius 2 is 1.71 bits per heavy atom. The van der Waals surface area contributed by atoms with Crippen molar-refractivity contribution in [1.82, 2.24) is 4.90 Å². The third kappa shape index (κ3) is 5.92. The lowest BCUT2D eigenvalue weighted by Crippen LogP contribution is -2.35. The second-order valence-electron chi connectivity index (χ2n) is 10.6. The molecule has 3 atom stereocenters. The highest BCUT2D eigenvalue weighted by Crippen LogP contribution is 2.48. The van der Waals surface area contributed by atoms with Gasteiger partial charge in [0.05, 0.1) is 25.1 Å². The molecule has 5 rings (SSSR count). The summed E-state index contributed by atoms with van der Waals surface area (Å²) in [5, 5.41) is 13.6. The number of likely N-dealkylation sites (tertiary alicyclic amines) is 1. The van der Waals surface area contributed by atoms with Gasteiger partial charge in [-0.1, -0.05) is 44.2 Å². The molecule has 8 nitrogen and oxygen atoms in total. The van der Waals surface area contributed by atoms with Crippen LogP contribution in [0.4, 0.5) is 10.1 Å². The smallest absolute Gasteiger partial charge is 0.309 e. The predicted octanol–water partition coefficient (Wildman–Crippen LogP) is 5.60. The number of anilines is 1. The number of nitrogens with zero attached hydrogens (tertiary/aromatic N) is 1. The first-order valence-corrected chi connectivity index (χ1v) is 14.5. The van der Waals surface area contributed by atoms with E-state index in [2.05, 4.69) is 5.32 Å². The number of para-hydroxylation sites is 1. The summed E-state index contributed by atoms with van der Waals surface area (Å²) in [6.07, 6.45) is 1.50. The Morgan fingerprint density at radius 1 is 1.00 bits per heavy atom. The summed E-state index contributed by atoms with van der Waals surface area (Å²) in [6.45, 7) is 7.21. The molecule has 2 N–H and O–H groups in total. The summed E-state index contributed by atoms with van der Waals surface area (Å²) >= 11 is 0. The number of ether oxygens (including phenoxy) is 3. The summed E-state index contributed by atoms with van der Waals surface area (Å²) in [5.41, 5.74) is 3.78. The summed E-state index contributed by atoms with van der Waals surface area (Å²) in [6, 6.07) is 15.0. The third-order valence-electron chi connectivity index (χ3n) is 8.09. The highest BCUT2D eigenvalue weighted by Gasteiger charge is 2.49. The maximum atomic E-state index is 15.6. The maximum Gasteiger partial charge on any atom is 0.309 e. The van der Waals surface area contributed by atoms with Crippen LogP contribution in [0, 0.1) is 11.7 Å². The average Bonchev–Trinajstić information content (AvgIpc) is 3.36. The highest BCUT2D eigenvalue weighted by molar-refractivity contribution is 5.94. The lowest BCUT2D eigenvalue weighted by Gasteiger charge is -2.27. The molecule has 2 aliphatic heterocycles. The van der Waals surface area contributed by atoms with Crippen molar-refractivity contribution in [3.8, 4) is 17.2 Å². The van der Waals surface area contributed by atoms with E-state index in [0.29, 0.717) is 37.1 Å². The standard InChI is InChI=1S/C33H37FN2O6/c1-4-20-8-7-9-21(5-2)31(20)35-29(37)19-36-18-25(22-10-13-27-28(16-22)42-15-14-41-27)30(33(38)39)32(36)24-12-11-23(40-6-3)17-26(24)34/h7-13,16-17,25,30,32H,4-6,14-15,18-19H2,1-3H3,(H,35,37)(H,38,39)/t25-,30?,32+/m1/s1.